The van der Waals surface area contributed by atoms with Crippen molar-refractivity contribution < 1.29 is 18.3 Å². The van der Waals surface area contributed by atoms with E-state index in [1.54, 1.807) is 18.7 Å². The van der Waals surface area contributed by atoms with Crippen molar-refractivity contribution in [3.63, 3.8) is 0 Å². The fourth-order valence-corrected chi connectivity index (χ4v) is 6.44. The van der Waals surface area contributed by atoms with Crippen LogP contribution in [0.15, 0.2) is 12.4 Å². The lowest BCUT2D eigenvalue weighted by Gasteiger charge is -2.43. The number of aromatic nitrogens is 3. The maximum atomic E-state index is 15.5. The Morgan fingerprint density at radius 1 is 1.28 bits per heavy atom. The predicted octanol–water partition coefficient (Wildman–Crippen LogP) is 2.87. The first kappa shape index (κ1) is 28.3. The Morgan fingerprint density at radius 2 is 2.05 bits per heavy atom. The molecular weight excluding hydrogens is 504 g/mol. The van der Waals surface area contributed by atoms with Crippen molar-refractivity contribution in [1.29, 1.82) is 0 Å². The molecule has 39 heavy (non-hydrogen) atoms. The lowest BCUT2D eigenvalue weighted by molar-refractivity contribution is -0.121. The standard InChI is InChI=1S/C28H43F2N7O2/c1-18(2)10-28(29,30)22-9-23-25(37-26(22)32-17-33-37)27(5,6)16-36(23)24(38)14-35-12-19(3)31-11-21(35)13-34-7-8-39-15-20(34)4/h9,17-21,31H,7-8,10-16H2,1-6H3/t19-,20-,21-/m1/s1. The molecule has 0 aromatic carbocycles. The van der Waals surface area contributed by atoms with E-state index in [4.69, 9.17) is 4.74 Å². The summed E-state index contributed by atoms with van der Waals surface area (Å²) >= 11 is 0. The van der Waals surface area contributed by atoms with E-state index in [0.29, 0.717) is 18.3 Å². The van der Waals surface area contributed by atoms with Crippen molar-refractivity contribution in [2.45, 2.75) is 77.4 Å². The molecule has 0 aliphatic carbocycles. The Bertz CT molecular complexity index is 1200. The molecule has 0 bridgehead atoms. The van der Waals surface area contributed by atoms with Gasteiger partial charge < -0.3 is 15.0 Å². The summed E-state index contributed by atoms with van der Waals surface area (Å²) in [5.41, 5.74) is 0.792. The Balaban J connectivity index is 1.44. The summed E-state index contributed by atoms with van der Waals surface area (Å²) < 4.78 is 38.2. The summed E-state index contributed by atoms with van der Waals surface area (Å²) in [5, 5.41) is 7.91. The number of piperazine rings is 1. The molecule has 9 nitrogen and oxygen atoms in total. The van der Waals surface area contributed by atoms with Gasteiger partial charge in [0.2, 0.25) is 5.91 Å². The van der Waals surface area contributed by atoms with Gasteiger partial charge in [0.15, 0.2) is 5.65 Å². The topological polar surface area (TPSA) is 78.2 Å². The molecule has 2 fully saturated rings. The zero-order valence-corrected chi connectivity index (χ0v) is 24.1. The van der Waals surface area contributed by atoms with Crippen LogP contribution in [-0.4, -0.2) is 101 Å². The fraction of sp³-hybridized carbons (Fsp3) is 0.750. The number of fused-ring (bicyclic) bond motifs is 3. The Morgan fingerprint density at radius 3 is 2.77 bits per heavy atom. The number of pyridine rings is 1. The van der Waals surface area contributed by atoms with E-state index < -0.39 is 11.3 Å². The maximum Gasteiger partial charge on any atom is 0.277 e. The van der Waals surface area contributed by atoms with Gasteiger partial charge in [0.05, 0.1) is 36.7 Å². The molecule has 0 spiro atoms. The van der Waals surface area contributed by atoms with Crippen LogP contribution in [0, 0.1) is 5.92 Å². The third-order valence-electron chi connectivity index (χ3n) is 8.38. The molecule has 5 rings (SSSR count). The van der Waals surface area contributed by atoms with Gasteiger partial charge >= 0.3 is 0 Å². The summed E-state index contributed by atoms with van der Waals surface area (Å²) in [6, 6.07) is 2.26. The number of carbonyl (C=O) groups is 1. The van der Waals surface area contributed by atoms with E-state index in [-0.39, 0.29) is 48.1 Å². The summed E-state index contributed by atoms with van der Waals surface area (Å²) in [5.74, 6) is -3.37. The van der Waals surface area contributed by atoms with Crippen LogP contribution in [0.25, 0.3) is 5.65 Å². The van der Waals surface area contributed by atoms with Gasteiger partial charge in [-0.05, 0) is 25.8 Å². The molecule has 2 aromatic heterocycles. The van der Waals surface area contributed by atoms with Crippen molar-refractivity contribution in [2.75, 3.05) is 57.4 Å². The lowest BCUT2D eigenvalue weighted by Crippen LogP contribution is -2.62. The molecule has 2 saturated heterocycles. The van der Waals surface area contributed by atoms with E-state index in [9.17, 15) is 4.79 Å². The van der Waals surface area contributed by atoms with Crippen LogP contribution in [0.1, 0.15) is 59.2 Å². The fourth-order valence-electron chi connectivity index (χ4n) is 6.44. The Labute approximate surface area is 229 Å². The average Bonchev–Trinajstić information content (AvgIpc) is 3.42. The van der Waals surface area contributed by atoms with Gasteiger partial charge in [0.25, 0.3) is 5.92 Å². The van der Waals surface area contributed by atoms with Crippen molar-refractivity contribution in [3.8, 4) is 0 Å². The first-order valence-electron chi connectivity index (χ1n) is 14.2. The first-order valence-corrected chi connectivity index (χ1v) is 14.2. The number of anilines is 1. The van der Waals surface area contributed by atoms with E-state index in [1.807, 2.05) is 13.8 Å². The third kappa shape index (κ3) is 5.55. The molecule has 0 unspecified atom stereocenters. The molecule has 1 N–H and O–H groups in total. The van der Waals surface area contributed by atoms with Gasteiger partial charge in [-0.2, -0.15) is 5.10 Å². The van der Waals surface area contributed by atoms with Crippen molar-refractivity contribution >= 4 is 17.2 Å². The van der Waals surface area contributed by atoms with Gasteiger partial charge in [-0.1, -0.05) is 27.7 Å². The second kappa shape index (κ2) is 10.6. The largest absolute Gasteiger partial charge is 0.379 e. The van der Waals surface area contributed by atoms with E-state index in [1.165, 1.54) is 16.9 Å². The third-order valence-corrected chi connectivity index (χ3v) is 8.38. The zero-order chi connectivity index (χ0) is 28.1. The summed E-state index contributed by atoms with van der Waals surface area (Å²) in [4.78, 5) is 24.6. The highest BCUT2D eigenvalue weighted by Gasteiger charge is 2.45. The lowest BCUT2D eigenvalue weighted by atomic mass is 9.90. The second-order valence-corrected chi connectivity index (χ2v) is 12.8. The molecule has 3 aliphatic rings. The van der Waals surface area contributed by atoms with Crippen LogP contribution in [0.3, 0.4) is 0 Å². The monoisotopic (exact) mass is 547 g/mol. The van der Waals surface area contributed by atoms with Gasteiger partial charge in [-0.15, -0.1) is 0 Å². The van der Waals surface area contributed by atoms with Crippen molar-refractivity contribution in [2.24, 2.45) is 5.92 Å². The number of ether oxygens (including phenoxy) is 1. The molecule has 3 aliphatic heterocycles. The number of nitrogens with zero attached hydrogens (tertiary/aromatic N) is 6. The molecular formula is C28H43F2N7O2. The molecule has 0 saturated carbocycles. The van der Waals surface area contributed by atoms with Gasteiger partial charge in [-0.25, -0.2) is 18.3 Å². The number of alkyl halides is 2. The number of rotatable bonds is 7. The predicted molar refractivity (Wildman–Crippen MR) is 146 cm³/mol. The highest BCUT2D eigenvalue weighted by atomic mass is 19.3. The molecule has 1 amide bonds. The number of halogens is 2. The molecule has 0 radical (unpaired) electrons. The van der Waals surface area contributed by atoms with Crippen molar-refractivity contribution in [1.82, 2.24) is 29.7 Å². The highest BCUT2D eigenvalue weighted by Crippen LogP contribution is 2.45. The number of nitrogens with one attached hydrogen (secondary N) is 1. The van der Waals surface area contributed by atoms with Crippen LogP contribution in [-0.2, 0) is 20.9 Å². The smallest absolute Gasteiger partial charge is 0.277 e. The number of carbonyl (C=O) groups excluding carboxylic acids is 1. The summed E-state index contributed by atoms with van der Waals surface area (Å²) in [7, 11) is 0. The minimum Gasteiger partial charge on any atom is -0.379 e. The maximum absolute atomic E-state index is 15.5. The van der Waals surface area contributed by atoms with E-state index in [0.717, 1.165) is 45.1 Å². The summed E-state index contributed by atoms with van der Waals surface area (Å²) in [6.07, 6.45) is 1.02. The van der Waals surface area contributed by atoms with Gasteiger partial charge in [-0.3, -0.25) is 14.6 Å². The van der Waals surface area contributed by atoms with Crippen LogP contribution in [0.5, 0.6) is 0 Å². The minimum absolute atomic E-state index is 0.0754. The zero-order valence-electron chi connectivity index (χ0n) is 24.1. The molecule has 11 heteroatoms. The van der Waals surface area contributed by atoms with Gasteiger partial charge in [0.1, 0.15) is 6.33 Å². The van der Waals surface area contributed by atoms with Crippen LogP contribution in [0.2, 0.25) is 0 Å². The normalized spacial score (nSPS) is 26.5. The molecule has 3 atom stereocenters. The highest BCUT2D eigenvalue weighted by molar-refractivity contribution is 5.97. The van der Waals surface area contributed by atoms with Crippen LogP contribution < -0.4 is 10.2 Å². The Hall–Kier alpha value is -2.21. The van der Waals surface area contributed by atoms with Crippen LogP contribution in [0.4, 0.5) is 14.5 Å². The van der Waals surface area contributed by atoms with E-state index in [2.05, 4.69) is 39.0 Å². The molecule has 216 valence electrons. The second-order valence-electron chi connectivity index (χ2n) is 12.8. The Kier molecular flexibility index (Phi) is 7.73. The summed E-state index contributed by atoms with van der Waals surface area (Å²) in [6.45, 7) is 17.3. The average molecular weight is 548 g/mol. The number of hydrogen-bond donors (Lipinski definition) is 1. The minimum atomic E-state index is -3.09. The number of amides is 1. The number of morpholine rings is 1. The molecule has 2 aromatic rings. The first-order chi connectivity index (χ1) is 18.4. The SMILES string of the molecule is CC(C)CC(F)(F)c1cc2c(n3ncnc13)C(C)(C)CN2C(=O)CN1C[C@@H](C)NC[C@@H]1CN1CCOC[C@H]1C. The quantitative estimate of drug-likeness (QED) is 0.571. The van der Waals surface area contributed by atoms with E-state index >= 15 is 8.78 Å². The van der Waals surface area contributed by atoms with Crippen LogP contribution >= 0.6 is 0 Å². The van der Waals surface area contributed by atoms with Gasteiger partial charge in [0, 0.05) is 62.7 Å². The number of hydrogen-bond acceptors (Lipinski definition) is 7. The van der Waals surface area contributed by atoms with Crippen molar-refractivity contribution in [3.05, 3.63) is 23.7 Å². The molecule has 5 heterocycles.